The Balaban J connectivity index is 2.44. The fourth-order valence-corrected chi connectivity index (χ4v) is 2.37. The first-order valence-electron chi connectivity index (χ1n) is 6.58. The Bertz CT molecular complexity index is 199. The zero-order chi connectivity index (χ0) is 12.2. The third-order valence-corrected chi connectivity index (χ3v) is 3.10. The van der Waals surface area contributed by atoms with Gasteiger partial charge in [-0.05, 0) is 33.2 Å². The SMILES string of the molecule is CC(C)NCC1CCCCN1CC(C)(C)O. The van der Waals surface area contributed by atoms with Crippen LogP contribution in [0.2, 0.25) is 0 Å². The molecule has 1 unspecified atom stereocenters. The fourth-order valence-electron chi connectivity index (χ4n) is 2.37. The lowest BCUT2D eigenvalue weighted by atomic mass is 9.99. The van der Waals surface area contributed by atoms with Crippen LogP contribution in [0.25, 0.3) is 0 Å². The van der Waals surface area contributed by atoms with Gasteiger partial charge in [-0.25, -0.2) is 0 Å². The predicted molar refractivity (Wildman–Crippen MR) is 68.6 cm³/mol. The average Bonchev–Trinajstić information content (AvgIpc) is 2.14. The Labute approximate surface area is 100 Å². The summed E-state index contributed by atoms with van der Waals surface area (Å²) in [4.78, 5) is 2.44. The summed E-state index contributed by atoms with van der Waals surface area (Å²) >= 11 is 0. The molecule has 0 aromatic heterocycles. The largest absolute Gasteiger partial charge is 0.389 e. The smallest absolute Gasteiger partial charge is 0.0718 e. The minimum Gasteiger partial charge on any atom is -0.389 e. The molecule has 0 radical (unpaired) electrons. The van der Waals surface area contributed by atoms with Crippen LogP contribution in [0.1, 0.15) is 47.0 Å². The fraction of sp³-hybridized carbons (Fsp3) is 1.00. The van der Waals surface area contributed by atoms with Crippen LogP contribution in [-0.4, -0.2) is 47.3 Å². The molecule has 2 N–H and O–H groups in total. The van der Waals surface area contributed by atoms with Crippen LogP contribution in [-0.2, 0) is 0 Å². The monoisotopic (exact) mass is 228 g/mol. The number of hydrogen-bond acceptors (Lipinski definition) is 3. The highest BCUT2D eigenvalue weighted by Gasteiger charge is 2.26. The molecule has 1 heterocycles. The van der Waals surface area contributed by atoms with Gasteiger partial charge in [0.1, 0.15) is 0 Å². The summed E-state index contributed by atoms with van der Waals surface area (Å²) < 4.78 is 0. The van der Waals surface area contributed by atoms with Crippen LogP contribution in [0.15, 0.2) is 0 Å². The van der Waals surface area contributed by atoms with Gasteiger partial charge in [0, 0.05) is 25.2 Å². The Hall–Kier alpha value is -0.120. The molecule has 1 fully saturated rings. The van der Waals surface area contributed by atoms with Crippen molar-refractivity contribution in [2.45, 2.75) is 64.6 Å². The Morgan fingerprint density at radius 2 is 2.06 bits per heavy atom. The van der Waals surface area contributed by atoms with Crippen molar-refractivity contribution in [3.05, 3.63) is 0 Å². The van der Waals surface area contributed by atoms with E-state index in [1.165, 1.54) is 19.3 Å². The molecule has 3 heteroatoms. The van der Waals surface area contributed by atoms with Crippen LogP contribution in [0.4, 0.5) is 0 Å². The first kappa shape index (κ1) is 13.9. The van der Waals surface area contributed by atoms with Gasteiger partial charge in [0.25, 0.3) is 0 Å². The summed E-state index contributed by atoms with van der Waals surface area (Å²) in [7, 11) is 0. The predicted octanol–water partition coefficient (Wildman–Crippen LogP) is 1.61. The lowest BCUT2D eigenvalue weighted by molar-refractivity contribution is 0.00979. The lowest BCUT2D eigenvalue weighted by Gasteiger charge is -2.39. The topological polar surface area (TPSA) is 35.5 Å². The van der Waals surface area contributed by atoms with Crippen molar-refractivity contribution in [2.75, 3.05) is 19.6 Å². The molecule has 1 atom stereocenters. The van der Waals surface area contributed by atoms with Crippen molar-refractivity contribution in [3.63, 3.8) is 0 Å². The van der Waals surface area contributed by atoms with E-state index in [2.05, 4.69) is 24.1 Å². The summed E-state index contributed by atoms with van der Waals surface area (Å²) in [5.41, 5.74) is -0.576. The summed E-state index contributed by atoms with van der Waals surface area (Å²) in [6.45, 7) is 11.1. The van der Waals surface area contributed by atoms with Crippen LogP contribution >= 0.6 is 0 Å². The molecule has 1 rings (SSSR count). The molecule has 0 amide bonds. The van der Waals surface area contributed by atoms with Gasteiger partial charge >= 0.3 is 0 Å². The summed E-state index contributed by atoms with van der Waals surface area (Å²) in [5.74, 6) is 0. The maximum Gasteiger partial charge on any atom is 0.0718 e. The second-order valence-electron chi connectivity index (χ2n) is 6.00. The normalized spacial score (nSPS) is 24.0. The molecular formula is C13H28N2O. The van der Waals surface area contributed by atoms with Crippen molar-refractivity contribution in [3.8, 4) is 0 Å². The van der Waals surface area contributed by atoms with Crippen molar-refractivity contribution in [1.82, 2.24) is 10.2 Å². The molecule has 3 nitrogen and oxygen atoms in total. The third kappa shape index (κ3) is 5.28. The van der Waals surface area contributed by atoms with Gasteiger partial charge in [-0.1, -0.05) is 20.3 Å². The third-order valence-electron chi connectivity index (χ3n) is 3.10. The minimum atomic E-state index is -0.576. The second-order valence-corrected chi connectivity index (χ2v) is 6.00. The molecule has 0 aliphatic carbocycles. The quantitative estimate of drug-likeness (QED) is 0.750. The van der Waals surface area contributed by atoms with E-state index >= 15 is 0 Å². The average molecular weight is 228 g/mol. The molecule has 0 bridgehead atoms. The van der Waals surface area contributed by atoms with Gasteiger partial charge in [0.2, 0.25) is 0 Å². The molecule has 0 spiro atoms. The zero-order valence-electron chi connectivity index (χ0n) is 11.3. The molecule has 0 saturated carbocycles. The zero-order valence-corrected chi connectivity index (χ0v) is 11.3. The summed E-state index contributed by atoms with van der Waals surface area (Å²) in [6.07, 6.45) is 3.86. The van der Waals surface area contributed by atoms with Crippen molar-refractivity contribution < 1.29 is 5.11 Å². The highest BCUT2D eigenvalue weighted by Crippen LogP contribution is 2.19. The van der Waals surface area contributed by atoms with Crippen molar-refractivity contribution in [1.29, 1.82) is 0 Å². The second kappa shape index (κ2) is 5.99. The van der Waals surface area contributed by atoms with E-state index in [-0.39, 0.29) is 0 Å². The molecule has 1 aliphatic heterocycles. The Morgan fingerprint density at radius 3 is 2.62 bits per heavy atom. The van der Waals surface area contributed by atoms with E-state index in [9.17, 15) is 5.11 Å². The number of hydrogen-bond donors (Lipinski definition) is 2. The van der Waals surface area contributed by atoms with Gasteiger partial charge in [-0.3, -0.25) is 4.90 Å². The standard InChI is InChI=1S/C13H28N2O/c1-11(2)14-9-12-7-5-6-8-15(12)10-13(3,4)16/h11-12,14,16H,5-10H2,1-4H3. The van der Waals surface area contributed by atoms with E-state index in [1.807, 2.05) is 13.8 Å². The van der Waals surface area contributed by atoms with Crippen molar-refractivity contribution >= 4 is 0 Å². The molecule has 96 valence electrons. The summed E-state index contributed by atoms with van der Waals surface area (Å²) in [6, 6.07) is 1.15. The van der Waals surface area contributed by atoms with Crippen molar-refractivity contribution in [2.24, 2.45) is 0 Å². The number of nitrogens with one attached hydrogen (secondary N) is 1. The van der Waals surface area contributed by atoms with Gasteiger partial charge in [0.15, 0.2) is 0 Å². The molecule has 1 aliphatic rings. The number of likely N-dealkylation sites (tertiary alicyclic amines) is 1. The molecule has 1 saturated heterocycles. The van der Waals surface area contributed by atoms with E-state index in [0.717, 1.165) is 19.6 Å². The minimum absolute atomic E-state index is 0.547. The maximum absolute atomic E-state index is 9.90. The van der Waals surface area contributed by atoms with Crippen LogP contribution in [0, 0.1) is 0 Å². The van der Waals surface area contributed by atoms with Gasteiger partial charge in [-0.2, -0.15) is 0 Å². The Kier molecular flexibility index (Phi) is 5.22. The Morgan fingerprint density at radius 1 is 1.38 bits per heavy atom. The van der Waals surface area contributed by atoms with Gasteiger partial charge in [-0.15, -0.1) is 0 Å². The van der Waals surface area contributed by atoms with E-state index in [0.29, 0.717) is 12.1 Å². The number of nitrogens with zero attached hydrogens (tertiary/aromatic N) is 1. The molecule has 16 heavy (non-hydrogen) atoms. The van der Waals surface area contributed by atoms with E-state index < -0.39 is 5.60 Å². The first-order chi connectivity index (χ1) is 7.38. The first-order valence-corrected chi connectivity index (χ1v) is 6.58. The van der Waals surface area contributed by atoms with Crippen LogP contribution in [0.5, 0.6) is 0 Å². The van der Waals surface area contributed by atoms with Gasteiger partial charge < -0.3 is 10.4 Å². The number of aliphatic hydroxyl groups is 1. The van der Waals surface area contributed by atoms with Crippen LogP contribution < -0.4 is 5.32 Å². The van der Waals surface area contributed by atoms with Crippen LogP contribution in [0.3, 0.4) is 0 Å². The summed E-state index contributed by atoms with van der Waals surface area (Å²) in [5, 5.41) is 13.4. The number of rotatable bonds is 5. The van der Waals surface area contributed by atoms with E-state index in [1.54, 1.807) is 0 Å². The highest BCUT2D eigenvalue weighted by atomic mass is 16.3. The molecule has 0 aromatic rings. The lowest BCUT2D eigenvalue weighted by Crippen LogP contribution is -2.51. The maximum atomic E-state index is 9.90. The molecular weight excluding hydrogens is 200 g/mol. The number of piperidine rings is 1. The van der Waals surface area contributed by atoms with Gasteiger partial charge in [0.05, 0.1) is 5.60 Å². The number of β-amino-alcohol motifs (C(OH)–C–C–N with tert-alkyl or cyclic N) is 1. The van der Waals surface area contributed by atoms with E-state index in [4.69, 9.17) is 0 Å². The highest BCUT2D eigenvalue weighted by molar-refractivity contribution is 4.83. The molecule has 0 aromatic carbocycles.